The molecule has 0 saturated heterocycles. The van der Waals surface area contributed by atoms with E-state index < -0.39 is 0 Å². The van der Waals surface area contributed by atoms with E-state index in [1.807, 2.05) is 45.0 Å². The Morgan fingerprint density at radius 3 is 2.60 bits per heavy atom. The van der Waals surface area contributed by atoms with Gasteiger partial charge in [-0.2, -0.15) is 0 Å². The summed E-state index contributed by atoms with van der Waals surface area (Å²) in [4.78, 5) is 25.6. The van der Waals surface area contributed by atoms with Crippen molar-refractivity contribution >= 4 is 34.6 Å². The quantitative estimate of drug-likeness (QED) is 0.734. The van der Waals surface area contributed by atoms with E-state index in [9.17, 15) is 4.79 Å². The average molecular weight is 353 g/mol. The van der Waals surface area contributed by atoms with Gasteiger partial charge < -0.3 is 10.6 Å². The SMILES string of the molecule is CC(=O)Nc1ccc(C)c(Nc2nccc(-c3sc(C)nc3C)n2)c1. The molecule has 25 heavy (non-hydrogen) atoms. The number of nitrogens with one attached hydrogen (secondary N) is 2. The normalized spacial score (nSPS) is 10.6. The van der Waals surface area contributed by atoms with Crippen molar-refractivity contribution in [3.63, 3.8) is 0 Å². The van der Waals surface area contributed by atoms with Gasteiger partial charge in [0, 0.05) is 24.5 Å². The standard InChI is InChI=1S/C18H19N5OS/c1-10-5-6-14(21-12(3)24)9-16(10)23-18-19-8-7-15(22-18)17-11(2)20-13(4)25-17/h5-9H,1-4H3,(H,21,24)(H,19,22,23). The second-order valence-electron chi connectivity index (χ2n) is 5.75. The zero-order valence-electron chi connectivity index (χ0n) is 14.5. The molecule has 0 bridgehead atoms. The molecule has 1 amide bonds. The number of aryl methyl sites for hydroxylation is 3. The predicted molar refractivity (Wildman–Crippen MR) is 101 cm³/mol. The zero-order chi connectivity index (χ0) is 18.0. The number of benzene rings is 1. The van der Waals surface area contributed by atoms with Crippen LogP contribution in [0.5, 0.6) is 0 Å². The summed E-state index contributed by atoms with van der Waals surface area (Å²) in [5.41, 5.74) is 4.42. The minimum absolute atomic E-state index is 0.107. The molecule has 2 heterocycles. The molecule has 0 aliphatic rings. The highest BCUT2D eigenvalue weighted by Crippen LogP contribution is 2.29. The summed E-state index contributed by atoms with van der Waals surface area (Å²) in [6.07, 6.45) is 1.73. The lowest BCUT2D eigenvalue weighted by atomic mass is 10.2. The zero-order valence-corrected chi connectivity index (χ0v) is 15.4. The van der Waals surface area contributed by atoms with Gasteiger partial charge in [0.2, 0.25) is 11.9 Å². The molecule has 2 N–H and O–H groups in total. The number of thiazole rings is 1. The highest BCUT2D eigenvalue weighted by Gasteiger charge is 2.11. The number of carbonyl (C=O) groups is 1. The molecule has 0 unspecified atom stereocenters. The molecule has 0 radical (unpaired) electrons. The number of hydrogen-bond donors (Lipinski definition) is 2. The first-order valence-electron chi connectivity index (χ1n) is 7.85. The van der Waals surface area contributed by atoms with E-state index in [4.69, 9.17) is 0 Å². The van der Waals surface area contributed by atoms with E-state index in [2.05, 4.69) is 25.6 Å². The van der Waals surface area contributed by atoms with Crippen molar-refractivity contribution in [2.45, 2.75) is 27.7 Å². The molecule has 0 aliphatic carbocycles. The fraction of sp³-hybridized carbons (Fsp3) is 0.222. The summed E-state index contributed by atoms with van der Waals surface area (Å²) in [6.45, 7) is 7.44. The summed E-state index contributed by atoms with van der Waals surface area (Å²) in [6, 6.07) is 7.55. The molecule has 0 atom stereocenters. The molecule has 6 nitrogen and oxygen atoms in total. The highest BCUT2D eigenvalue weighted by atomic mass is 32.1. The van der Waals surface area contributed by atoms with E-state index in [1.54, 1.807) is 17.5 Å². The third kappa shape index (κ3) is 4.00. The highest BCUT2D eigenvalue weighted by molar-refractivity contribution is 7.15. The van der Waals surface area contributed by atoms with Crippen LogP contribution in [-0.4, -0.2) is 20.9 Å². The van der Waals surface area contributed by atoms with E-state index in [-0.39, 0.29) is 5.91 Å². The van der Waals surface area contributed by atoms with Gasteiger partial charge >= 0.3 is 0 Å². The first-order chi connectivity index (χ1) is 11.9. The van der Waals surface area contributed by atoms with E-state index in [0.717, 1.165) is 38.2 Å². The summed E-state index contributed by atoms with van der Waals surface area (Å²) >= 11 is 1.62. The fourth-order valence-corrected chi connectivity index (χ4v) is 3.36. The summed E-state index contributed by atoms with van der Waals surface area (Å²) in [7, 11) is 0. The number of anilines is 3. The molecule has 3 rings (SSSR count). The lowest BCUT2D eigenvalue weighted by Gasteiger charge is -2.11. The van der Waals surface area contributed by atoms with Gasteiger partial charge in [0.25, 0.3) is 0 Å². The third-order valence-electron chi connectivity index (χ3n) is 3.60. The van der Waals surface area contributed by atoms with Gasteiger partial charge in [-0.25, -0.2) is 15.0 Å². The maximum absolute atomic E-state index is 11.2. The van der Waals surface area contributed by atoms with Crippen molar-refractivity contribution in [1.29, 1.82) is 0 Å². The Hall–Kier alpha value is -2.80. The topological polar surface area (TPSA) is 79.8 Å². The van der Waals surface area contributed by atoms with Crippen molar-refractivity contribution < 1.29 is 4.79 Å². The van der Waals surface area contributed by atoms with Crippen LogP contribution >= 0.6 is 11.3 Å². The Morgan fingerprint density at radius 1 is 1.12 bits per heavy atom. The second-order valence-corrected chi connectivity index (χ2v) is 6.95. The maximum atomic E-state index is 11.2. The molecular formula is C18H19N5OS. The van der Waals surface area contributed by atoms with Crippen LogP contribution in [0, 0.1) is 20.8 Å². The Morgan fingerprint density at radius 2 is 1.92 bits per heavy atom. The first kappa shape index (κ1) is 17.0. The number of amides is 1. The van der Waals surface area contributed by atoms with Crippen molar-refractivity contribution in [3.05, 3.63) is 46.7 Å². The third-order valence-corrected chi connectivity index (χ3v) is 4.69. The largest absolute Gasteiger partial charge is 0.326 e. The number of rotatable bonds is 4. The summed E-state index contributed by atoms with van der Waals surface area (Å²) in [5.74, 6) is 0.398. The maximum Gasteiger partial charge on any atom is 0.227 e. The first-order valence-corrected chi connectivity index (χ1v) is 8.67. The van der Waals surface area contributed by atoms with Crippen LogP contribution in [0.1, 0.15) is 23.2 Å². The van der Waals surface area contributed by atoms with Crippen LogP contribution in [0.4, 0.5) is 17.3 Å². The molecule has 0 fully saturated rings. The molecule has 2 aromatic heterocycles. The van der Waals surface area contributed by atoms with Crippen LogP contribution in [0.25, 0.3) is 10.6 Å². The monoisotopic (exact) mass is 353 g/mol. The van der Waals surface area contributed by atoms with E-state index in [1.165, 1.54) is 6.92 Å². The Bertz CT molecular complexity index is 935. The van der Waals surface area contributed by atoms with Gasteiger partial charge in [0.15, 0.2) is 0 Å². The molecule has 0 saturated carbocycles. The summed E-state index contributed by atoms with van der Waals surface area (Å²) < 4.78 is 0. The Labute approximate surface area is 150 Å². The Balaban J connectivity index is 1.90. The van der Waals surface area contributed by atoms with Crippen LogP contribution in [-0.2, 0) is 4.79 Å². The number of aromatic nitrogens is 3. The minimum Gasteiger partial charge on any atom is -0.326 e. The Kier molecular flexibility index (Phi) is 4.76. The van der Waals surface area contributed by atoms with Gasteiger partial charge in [-0.3, -0.25) is 4.79 Å². The molecular weight excluding hydrogens is 334 g/mol. The van der Waals surface area contributed by atoms with Gasteiger partial charge in [0.1, 0.15) is 0 Å². The van der Waals surface area contributed by atoms with Gasteiger partial charge in [-0.15, -0.1) is 11.3 Å². The van der Waals surface area contributed by atoms with Gasteiger partial charge in [0.05, 0.1) is 21.3 Å². The van der Waals surface area contributed by atoms with E-state index >= 15 is 0 Å². The van der Waals surface area contributed by atoms with Crippen molar-refractivity contribution in [2.24, 2.45) is 0 Å². The van der Waals surface area contributed by atoms with E-state index in [0.29, 0.717) is 5.95 Å². The van der Waals surface area contributed by atoms with Crippen molar-refractivity contribution in [2.75, 3.05) is 10.6 Å². The lowest BCUT2D eigenvalue weighted by molar-refractivity contribution is -0.114. The van der Waals surface area contributed by atoms with Crippen LogP contribution in [0.2, 0.25) is 0 Å². The molecule has 1 aromatic carbocycles. The van der Waals surface area contributed by atoms with Crippen LogP contribution < -0.4 is 10.6 Å². The fourth-order valence-electron chi connectivity index (χ4n) is 2.47. The average Bonchev–Trinajstić information content (AvgIpc) is 2.89. The molecule has 0 aliphatic heterocycles. The molecule has 7 heteroatoms. The van der Waals surface area contributed by atoms with Crippen molar-refractivity contribution in [1.82, 2.24) is 15.0 Å². The van der Waals surface area contributed by atoms with Crippen molar-refractivity contribution in [3.8, 4) is 10.6 Å². The minimum atomic E-state index is -0.107. The second kappa shape index (κ2) is 6.98. The predicted octanol–water partition coefficient (Wildman–Crippen LogP) is 4.23. The summed E-state index contributed by atoms with van der Waals surface area (Å²) in [5, 5.41) is 7.03. The lowest BCUT2D eigenvalue weighted by Crippen LogP contribution is -2.06. The molecule has 128 valence electrons. The smallest absolute Gasteiger partial charge is 0.227 e. The van der Waals surface area contributed by atoms with Gasteiger partial charge in [-0.1, -0.05) is 6.07 Å². The number of carbonyl (C=O) groups excluding carboxylic acids is 1. The molecule has 0 spiro atoms. The number of nitrogens with zero attached hydrogens (tertiary/aromatic N) is 3. The van der Waals surface area contributed by atoms with Crippen LogP contribution in [0.3, 0.4) is 0 Å². The number of hydrogen-bond acceptors (Lipinski definition) is 6. The molecule has 3 aromatic rings. The van der Waals surface area contributed by atoms with Crippen LogP contribution in [0.15, 0.2) is 30.5 Å². The van der Waals surface area contributed by atoms with Gasteiger partial charge in [-0.05, 0) is 44.5 Å².